The van der Waals surface area contributed by atoms with E-state index in [-0.39, 0.29) is 11.8 Å². The van der Waals surface area contributed by atoms with E-state index in [9.17, 15) is 0 Å². The van der Waals surface area contributed by atoms with Gasteiger partial charge in [-0.3, -0.25) is 0 Å². The van der Waals surface area contributed by atoms with Crippen LogP contribution in [0.2, 0.25) is 0 Å². The van der Waals surface area contributed by atoms with Gasteiger partial charge < -0.3 is 19.6 Å². The molecule has 4 nitrogen and oxygen atoms in total. The molecular weight excluding hydrogens is 250 g/mol. The van der Waals surface area contributed by atoms with Gasteiger partial charge in [0.05, 0.1) is 19.5 Å². The smallest absolute Gasteiger partial charge is 0.169 e. The zero-order valence-corrected chi connectivity index (χ0v) is 11.4. The maximum Gasteiger partial charge on any atom is 0.169 e. The monoisotopic (exact) mass is 269 g/mol. The van der Waals surface area contributed by atoms with E-state index in [2.05, 4.69) is 0 Å². The molecule has 1 aliphatic carbocycles. The molecule has 2 heterocycles. The Kier molecular flexibility index (Phi) is 3.40. The molecular formula is C13H19NO3S. The Morgan fingerprint density at radius 3 is 2.83 bits per heavy atom. The standard InChI is InChI=1S/C13H19NO3S/c1-9-11(3-5-15-9)18-12-8-13(4-2-10(12)14)16-6-7-17-13/h3,5,10,12H,2,4,6-8,14H2,1H3. The molecule has 2 atom stereocenters. The Morgan fingerprint density at radius 2 is 2.17 bits per heavy atom. The maximum absolute atomic E-state index is 6.23. The van der Waals surface area contributed by atoms with Gasteiger partial charge >= 0.3 is 0 Å². The zero-order valence-electron chi connectivity index (χ0n) is 10.6. The first-order valence-electron chi connectivity index (χ1n) is 6.43. The van der Waals surface area contributed by atoms with Crippen molar-refractivity contribution in [2.24, 2.45) is 5.73 Å². The SMILES string of the molecule is Cc1occc1SC1CC2(CCC1N)OCCO2. The van der Waals surface area contributed by atoms with Gasteiger partial charge in [0, 0.05) is 29.0 Å². The van der Waals surface area contributed by atoms with Gasteiger partial charge in [-0.25, -0.2) is 0 Å². The molecule has 100 valence electrons. The normalized spacial score (nSPS) is 31.0. The zero-order chi connectivity index (χ0) is 12.6. The van der Waals surface area contributed by atoms with E-state index in [1.54, 1.807) is 18.0 Å². The summed E-state index contributed by atoms with van der Waals surface area (Å²) in [5.74, 6) is 0.589. The lowest BCUT2D eigenvalue weighted by Gasteiger charge is -2.39. The number of hydrogen-bond donors (Lipinski definition) is 1. The Bertz CT molecular complexity index is 414. The summed E-state index contributed by atoms with van der Waals surface area (Å²) in [7, 11) is 0. The molecule has 2 N–H and O–H groups in total. The first-order valence-corrected chi connectivity index (χ1v) is 7.31. The van der Waals surface area contributed by atoms with Crippen LogP contribution in [0.4, 0.5) is 0 Å². The molecule has 0 aromatic carbocycles. The Hall–Kier alpha value is -0.490. The van der Waals surface area contributed by atoms with Gasteiger partial charge in [-0.15, -0.1) is 11.8 Å². The predicted octanol–water partition coefficient (Wildman–Crippen LogP) is 2.30. The van der Waals surface area contributed by atoms with E-state index < -0.39 is 0 Å². The molecule has 1 saturated carbocycles. The topological polar surface area (TPSA) is 57.6 Å². The Balaban J connectivity index is 1.72. The summed E-state index contributed by atoms with van der Waals surface area (Å²) in [5.41, 5.74) is 6.23. The fraction of sp³-hybridized carbons (Fsp3) is 0.692. The lowest BCUT2D eigenvalue weighted by atomic mass is 9.90. The fourth-order valence-corrected chi connectivity index (χ4v) is 4.00. The second kappa shape index (κ2) is 4.89. The molecule has 1 aromatic heterocycles. The first-order chi connectivity index (χ1) is 8.69. The predicted molar refractivity (Wildman–Crippen MR) is 69.6 cm³/mol. The van der Waals surface area contributed by atoms with Crippen molar-refractivity contribution in [2.75, 3.05) is 13.2 Å². The van der Waals surface area contributed by atoms with E-state index in [4.69, 9.17) is 19.6 Å². The summed E-state index contributed by atoms with van der Waals surface area (Å²) < 4.78 is 16.9. The summed E-state index contributed by atoms with van der Waals surface area (Å²) in [6, 6.07) is 2.20. The summed E-state index contributed by atoms with van der Waals surface area (Å²) >= 11 is 1.79. The second-order valence-corrected chi connectivity index (χ2v) is 6.29. The molecule has 18 heavy (non-hydrogen) atoms. The van der Waals surface area contributed by atoms with Crippen LogP contribution in [0.25, 0.3) is 0 Å². The number of aryl methyl sites for hydroxylation is 1. The average Bonchev–Trinajstić information content (AvgIpc) is 2.96. The molecule has 0 radical (unpaired) electrons. The van der Waals surface area contributed by atoms with Crippen molar-refractivity contribution in [3.8, 4) is 0 Å². The third-order valence-electron chi connectivity index (χ3n) is 3.75. The highest BCUT2D eigenvalue weighted by Gasteiger charge is 2.44. The van der Waals surface area contributed by atoms with E-state index in [1.807, 2.05) is 13.0 Å². The van der Waals surface area contributed by atoms with Crippen LogP contribution < -0.4 is 5.73 Å². The van der Waals surface area contributed by atoms with Gasteiger partial charge in [-0.05, 0) is 19.4 Å². The highest BCUT2D eigenvalue weighted by molar-refractivity contribution is 8.00. The quantitative estimate of drug-likeness (QED) is 0.892. The maximum atomic E-state index is 6.23. The van der Waals surface area contributed by atoms with Crippen LogP contribution in [0.15, 0.2) is 21.6 Å². The minimum Gasteiger partial charge on any atom is -0.468 e. The number of hydrogen-bond acceptors (Lipinski definition) is 5. The van der Waals surface area contributed by atoms with Crippen LogP contribution in [-0.2, 0) is 9.47 Å². The molecule has 2 fully saturated rings. The van der Waals surface area contributed by atoms with Crippen molar-refractivity contribution in [1.29, 1.82) is 0 Å². The highest BCUT2D eigenvalue weighted by atomic mass is 32.2. The summed E-state index contributed by atoms with van der Waals surface area (Å²) in [6.07, 6.45) is 4.46. The van der Waals surface area contributed by atoms with Gasteiger partial charge in [0.25, 0.3) is 0 Å². The highest BCUT2D eigenvalue weighted by Crippen LogP contribution is 2.42. The van der Waals surface area contributed by atoms with Crippen LogP contribution in [-0.4, -0.2) is 30.3 Å². The minimum atomic E-state index is -0.370. The molecule has 2 aliphatic rings. The molecule has 1 aliphatic heterocycles. The molecule has 3 rings (SSSR count). The number of nitrogens with two attached hydrogens (primary N) is 1. The summed E-state index contributed by atoms with van der Waals surface area (Å²) in [5, 5.41) is 0.327. The number of thioether (sulfide) groups is 1. The van der Waals surface area contributed by atoms with Crippen molar-refractivity contribution >= 4 is 11.8 Å². The molecule has 5 heteroatoms. The molecule has 1 saturated heterocycles. The number of ether oxygens (including phenoxy) is 2. The molecule has 1 aromatic rings. The van der Waals surface area contributed by atoms with Gasteiger partial charge in [-0.1, -0.05) is 0 Å². The van der Waals surface area contributed by atoms with Gasteiger partial charge in [0.15, 0.2) is 5.79 Å². The third kappa shape index (κ3) is 2.32. The van der Waals surface area contributed by atoms with Gasteiger partial charge in [0.2, 0.25) is 0 Å². The van der Waals surface area contributed by atoms with Crippen LogP contribution >= 0.6 is 11.8 Å². The van der Waals surface area contributed by atoms with E-state index >= 15 is 0 Å². The van der Waals surface area contributed by atoms with Crippen molar-refractivity contribution in [3.63, 3.8) is 0 Å². The van der Waals surface area contributed by atoms with Crippen LogP contribution in [0.1, 0.15) is 25.0 Å². The third-order valence-corrected chi connectivity index (χ3v) is 5.25. The van der Waals surface area contributed by atoms with Gasteiger partial charge in [-0.2, -0.15) is 0 Å². The lowest BCUT2D eigenvalue weighted by Crippen LogP contribution is -2.47. The summed E-state index contributed by atoms with van der Waals surface area (Å²) in [4.78, 5) is 1.17. The molecule has 0 bridgehead atoms. The van der Waals surface area contributed by atoms with Crippen molar-refractivity contribution in [3.05, 3.63) is 18.1 Å². The lowest BCUT2D eigenvalue weighted by molar-refractivity contribution is -0.176. The van der Waals surface area contributed by atoms with Gasteiger partial charge in [0.1, 0.15) is 5.76 Å². The number of furan rings is 1. The Morgan fingerprint density at radius 1 is 1.39 bits per heavy atom. The van der Waals surface area contributed by atoms with Crippen LogP contribution in [0, 0.1) is 6.92 Å². The largest absolute Gasteiger partial charge is 0.468 e. The summed E-state index contributed by atoms with van der Waals surface area (Å²) in [6.45, 7) is 3.39. The second-order valence-electron chi connectivity index (χ2n) is 5.01. The fourth-order valence-electron chi connectivity index (χ4n) is 2.68. The first kappa shape index (κ1) is 12.5. The van der Waals surface area contributed by atoms with Crippen molar-refractivity contribution in [2.45, 2.75) is 48.2 Å². The minimum absolute atomic E-state index is 0.197. The average molecular weight is 269 g/mol. The van der Waals surface area contributed by atoms with Crippen LogP contribution in [0.3, 0.4) is 0 Å². The molecule has 2 unspecified atom stereocenters. The van der Waals surface area contributed by atoms with Crippen molar-refractivity contribution < 1.29 is 13.9 Å². The van der Waals surface area contributed by atoms with Crippen LogP contribution in [0.5, 0.6) is 0 Å². The molecule has 0 amide bonds. The van der Waals surface area contributed by atoms with E-state index in [0.29, 0.717) is 18.5 Å². The number of rotatable bonds is 2. The van der Waals surface area contributed by atoms with Crippen molar-refractivity contribution in [1.82, 2.24) is 0 Å². The molecule has 1 spiro atoms. The van der Waals surface area contributed by atoms with E-state index in [1.165, 1.54) is 4.90 Å². The Labute approximate surface area is 111 Å². The van der Waals surface area contributed by atoms with E-state index in [0.717, 1.165) is 25.0 Å².